The van der Waals surface area contributed by atoms with Gasteiger partial charge in [0.25, 0.3) is 0 Å². The zero-order valence-electron chi connectivity index (χ0n) is 8.46. The second-order valence-corrected chi connectivity index (χ2v) is 3.44. The van der Waals surface area contributed by atoms with Crippen LogP contribution in [0.5, 0.6) is 0 Å². The first-order chi connectivity index (χ1) is 6.72. The van der Waals surface area contributed by atoms with E-state index in [1.165, 1.54) is 0 Å². The highest BCUT2D eigenvalue weighted by molar-refractivity contribution is 7.80. The van der Waals surface area contributed by atoms with E-state index >= 15 is 0 Å². The molecule has 0 aliphatic heterocycles. The molecule has 0 bridgehead atoms. The fourth-order valence-electron chi connectivity index (χ4n) is 0.931. The fraction of sp³-hybridized carbons (Fsp3) is 0.556. The first kappa shape index (κ1) is 11.0. The highest BCUT2D eigenvalue weighted by Crippen LogP contribution is 2.05. The molecule has 0 saturated carbocycles. The molecule has 0 aliphatic carbocycles. The van der Waals surface area contributed by atoms with Gasteiger partial charge in [-0.1, -0.05) is 13.3 Å². The first-order valence-electron chi connectivity index (χ1n) is 4.69. The number of unbranched alkanes of at least 4 members (excludes halogenated alkanes) is 1. The van der Waals surface area contributed by atoms with Crippen molar-refractivity contribution in [3.05, 3.63) is 12.0 Å². The lowest BCUT2D eigenvalue weighted by atomic mass is 10.3. The molecule has 14 heavy (non-hydrogen) atoms. The zero-order chi connectivity index (χ0) is 10.4. The predicted molar refractivity (Wildman–Crippen MR) is 60.4 cm³/mol. The summed E-state index contributed by atoms with van der Waals surface area (Å²) in [6.45, 7) is 4.87. The zero-order valence-corrected chi connectivity index (χ0v) is 9.28. The Kier molecular flexibility index (Phi) is 4.39. The minimum Gasteiger partial charge on any atom is -0.432 e. The number of oxazole rings is 1. The number of nitrogens with zero attached hydrogens (tertiary/aromatic N) is 1. The molecule has 0 spiro atoms. The standard InChI is InChI=1S/C9H15N3OS/c1-3-4-5-10-9(14)12-8-11-7(2)6-13-8/h6H,3-5H2,1-2H3,(H2,10,11,12,14). The van der Waals surface area contributed by atoms with Crippen molar-refractivity contribution in [2.45, 2.75) is 26.7 Å². The molecule has 78 valence electrons. The van der Waals surface area contributed by atoms with Crippen molar-refractivity contribution in [3.8, 4) is 0 Å². The van der Waals surface area contributed by atoms with Crippen molar-refractivity contribution in [1.82, 2.24) is 10.3 Å². The maximum absolute atomic E-state index is 5.09. The van der Waals surface area contributed by atoms with Crippen molar-refractivity contribution >= 4 is 23.3 Å². The minimum atomic E-state index is 0.441. The smallest absolute Gasteiger partial charge is 0.301 e. The van der Waals surface area contributed by atoms with Crippen LogP contribution in [0.3, 0.4) is 0 Å². The van der Waals surface area contributed by atoms with Crippen LogP contribution >= 0.6 is 12.2 Å². The van der Waals surface area contributed by atoms with Gasteiger partial charge in [-0.25, -0.2) is 0 Å². The van der Waals surface area contributed by atoms with E-state index in [-0.39, 0.29) is 0 Å². The summed E-state index contributed by atoms with van der Waals surface area (Å²) in [7, 11) is 0. The van der Waals surface area contributed by atoms with Gasteiger partial charge < -0.3 is 9.73 Å². The molecule has 0 unspecified atom stereocenters. The monoisotopic (exact) mass is 213 g/mol. The summed E-state index contributed by atoms with van der Waals surface area (Å²) in [6, 6.07) is 0.441. The van der Waals surface area contributed by atoms with Crippen LogP contribution in [0.15, 0.2) is 10.7 Å². The average Bonchev–Trinajstić information content (AvgIpc) is 2.52. The Hall–Kier alpha value is -1.10. The Morgan fingerprint density at radius 3 is 3.00 bits per heavy atom. The van der Waals surface area contributed by atoms with Gasteiger partial charge in [0.05, 0.1) is 5.69 Å². The highest BCUT2D eigenvalue weighted by atomic mass is 32.1. The van der Waals surface area contributed by atoms with Crippen molar-refractivity contribution in [3.63, 3.8) is 0 Å². The summed E-state index contributed by atoms with van der Waals surface area (Å²) < 4.78 is 5.09. The Morgan fingerprint density at radius 2 is 2.43 bits per heavy atom. The van der Waals surface area contributed by atoms with E-state index in [0.29, 0.717) is 11.1 Å². The molecule has 1 heterocycles. The van der Waals surface area contributed by atoms with E-state index in [1.807, 2.05) is 6.92 Å². The normalized spacial score (nSPS) is 9.86. The Morgan fingerprint density at radius 1 is 1.64 bits per heavy atom. The van der Waals surface area contributed by atoms with E-state index in [2.05, 4.69) is 22.5 Å². The summed E-state index contributed by atoms with van der Waals surface area (Å²) in [5.41, 5.74) is 0.837. The lowest BCUT2D eigenvalue weighted by Crippen LogP contribution is -2.29. The molecule has 1 aromatic heterocycles. The summed E-state index contributed by atoms with van der Waals surface area (Å²) in [5, 5.41) is 6.48. The Balaban J connectivity index is 2.27. The molecule has 2 N–H and O–H groups in total. The topological polar surface area (TPSA) is 50.1 Å². The molecule has 0 aliphatic rings. The quantitative estimate of drug-likeness (QED) is 0.592. The summed E-state index contributed by atoms with van der Waals surface area (Å²) in [5.74, 6) is 0. The van der Waals surface area contributed by atoms with E-state index < -0.39 is 0 Å². The van der Waals surface area contributed by atoms with Gasteiger partial charge in [0.1, 0.15) is 6.26 Å². The third-order valence-electron chi connectivity index (χ3n) is 1.66. The van der Waals surface area contributed by atoms with Gasteiger partial charge >= 0.3 is 6.01 Å². The largest absolute Gasteiger partial charge is 0.432 e. The number of hydrogen-bond acceptors (Lipinski definition) is 3. The van der Waals surface area contributed by atoms with E-state index in [0.717, 1.165) is 25.1 Å². The molecule has 0 aromatic carbocycles. The van der Waals surface area contributed by atoms with Gasteiger partial charge in [0.2, 0.25) is 0 Å². The number of rotatable bonds is 4. The molecule has 0 fully saturated rings. The van der Waals surface area contributed by atoms with Crippen LogP contribution in [0.2, 0.25) is 0 Å². The molecule has 1 aromatic rings. The van der Waals surface area contributed by atoms with Crippen LogP contribution in [0, 0.1) is 6.92 Å². The third kappa shape index (κ3) is 3.74. The molecule has 0 amide bonds. The molecular formula is C9H15N3OS. The van der Waals surface area contributed by atoms with Crippen LogP contribution < -0.4 is 10.6 Å². The third-order valence-corrected chi connectivity index (χ3v) is 1.90. The second kappa shape index (κ2) is 5.59. The van der Waals surface area contributed by atoms with Crippen LogP contribution in [0.4, 0.5) is 6.01 Å². The minimum absolute atomic E-state index is 0.441. The van der Waals surface area contributed by atoms with Crippen LogP contribution in [0.1, 0.15) is 25.5 Å². The number of nitrogens with one attached hydrogen (secondary N) is 2. The number of aromatic nitrogens is 1. The van der Waals surface area contributed by atoms with E-state index in [1.54, 1.807) is 6.26 Å². The van der Waals surface area contributed by atoms with Crippen molar-refractivity contribution in [2.24, 2.45) is 0 Å². The van der Waals surface area contributed by atoms with Crippen LogP contribution in [0.25, 0.3) is 0 Å². The fourth-order valence-corrected chi connectivity index (χ4v) is 1.12. The molecule has 0 atom stereocenters. The van der Waals surface area contributed by atoms with Gasteiger partial charge in [-0.2, -0.15) is 4.98 Å². The van der Waals surface area contributed by atoms with E-state index in [9.17, 15) is 0 Å². The molecule has 0 saturated heterocycles. The molecule has 0 radical (unpaired) electrons. The predicted octanol–water partition coefficient (Wildman–Crippen LogP) is 2.07. The molecule has 5 heteroatoms. The Labute approximate surface area is 89.1 Å². The van der Waals surface area contributed by atoms with Gasteiger partial charge in [-0.3, -0.25) is 5.32 Å². The number of thiocarbonyl (C=S) groups is 1. The van der Waals surface area contributed by atoms with Crippen LogP contribution in [-0.4, -0.2) is 16.6 Å². The van der Waals surface area contributed by atoms with Gasteiger partial charge in [-0.05, 0) is 25.6 Å². The van der Waals surface area contributed by atoms with Gasteiger partial charge in [-0.15, -0.1) is 0 Å². The second-order valence-electron chi connectivity index (χ2n) is 3.03. The van der Waals surface area contributed by atoms with Gasteiger partial charge in [0.15, 0.2) is 5.11 Å². The number of hydrogen-bond donors (Lipinski definition) is 2. The first-order valence-corrected chi connectivity index (χ1v) is 5.10. The lowest BCUT2D eigenvalue weighted by Gasteiger charge is -2.05. The van der Waals surface area contributed by atoms with Crippen molar-refractivity contribution in [1.29, 1.82) is 0 Å². The summed E-state index contributed by atoms with van der Waals surface area (Å²) in [4.78, 5) is 4.07. The van der Waals surface area contributed by atoms with Gasteiger partial charge in [0, 0.05) is 6.54 Å². The lowest BCUT2D eigenvalue weighted by molar-refractivity contribution is 0.577. The van der Waals surface area contributed by atoms with Crippen LogP contribution in [-0.2, 0) is 0 Å². The SMILES string of the molecule is CCCCNC(=S)Nc1nc(C)co1. The maximum atomic E-state index is 5.09. The van der Waals surface area contributed by atoms with Crippen molar-refractivity contribution in [2.75, 3.05) is 11.9 Å². The average molecular weight is 213 g/mol. The van der Waals surface area contributed by atoms with E-state index in [4.69, 9.17) is 16.6 Å². The highest BCUT2D eigenvalue weighted by Gasteiger charge is 2.01. The number of anilines is 1. The molecule has 4 nitrogen and oxygen atoms in total. The summed E-state index contributed by atoms with van der Waals surface area (Å²) >= 11 is 5.04. The Bertz CT molecular complexity index is 298. The maximum Gasteiger partial charge on any atom is 0.301 e. The molecule has 1 rings (SSSR count). The van der Waals surface area contributed by atoms with Crippen molar-refractivity contribution < 1.29 is 4.42 Å². The number of aryl methyl sites for hydroxylation is 1. The summed E-state index contributed by atoms with van der Waals surface area (Å²) in [6.07, 6.45) is 3.83. The molecular weight excluding hydrogens is 198 g/mol.